The van der Waals surface area contributed by atoms with Gasteiger partial charge in [0.05, 0.1) is 6.04 Å². The molecule has 3 aromatic heterocycles. The van der Waals surface area contributed by atoms with E-state index >= 15 is 0 Å². The molecule has 136 valence electrons. The molecule has 4 heterocycles. The van der Waals surface area contributed by atoms with Gasteiger partial charge >= 0.3 is 0 Å². The third-order valence-corrected chi connectivity index (χ3v) is 7.55. The van der Waals surface area contributed by atoms with Crippen molar-refractivity contribution in [3.8, 4) is 0 Å². The number of benzene rings is 1. The van der Waals surface area contributed by atoms with Gasteiger partial charge in [-0.2, -0.15) is 0 Å². The molecule has 0 saturated carbocycles. The molecule has 1 aromatic carbocycles. The summed E-state index contributed by atoms with van der Waals surface area (Å²) in [4.78, 5) is 18.1. The maximum atomic E-state index is 13.5. The lowest BCUT2D eigenvalue weighted by Crippen LogP contribution is -2.39. The molecule has 0 bridgehead atoms. The molecule has 5 rings (SSSR count). The fraction of sp³-hybridized carbons (Fsp3) is 0.190. The van der Waals surface area contributed by atoms with Crippen molar-refractivity contribution in [3.05, 3.63) is 78.3 Å². The molecule has 6 heteroatoms. The number of hydrogen-bond acceptors (Lipinski definition) is 4. The summed E-state index contributed by atoms with van der Waals surface area (Å²) in [5.41, 5.74) is 2.90. The molecule has 1 unspecified atom stereocenters. The van der Waals surface area contributed by atoms with E-state index in [2.05, 4.69) is 38.8 Å². The molecule has 0 radical (unpaired) electrons. The third-order valence-electron chi connectivity index (χ3n) is 5.13. The van der Waals surface area contributed by atoms with Gasteiger partial charge < -0.3 is 9.32 Å². The van der Waals surface area contributed by atoms with Crippen LogP contribution in [-0.4, -0.2) is 17.4 Å². The zero-order valence-corrected chi connectivity index (χ0v) is 17.8. The summed E-state index contributed by atoms with van der Waals surface area (Å²) in [6.45, 7) is 2.67. The molecule has 3 nitrogen and oxygen atoms in total. The second-order valence-electron chi connectivity index (χ2n) is 6.66. The number of rotatable bonds is 2. The number of carbonyl (C=O) groups is 1. The van der Waals surface area contributed by atoms with E-state index in [0.29, 0.717) is 12.3 Å². The van der Waals surface area contributed by atoms with Crippen molar-refractivity contribution in [1.82, 2.24) is 4.90 Å². The zero-order valence-electron chi connectivity index (χ0n) is 14.6. The zero-order chi connectivity index (χ0) is 18.5. The average molecular weight is 458 g/mol. The van der Waals surface area contributed by atoms with Crippen molar-refractivity contribution in [2.45, 2.75) is 19.4 Å². The molecule has 0 spiro atoms. The van der Waals surface area contributed by atoms with Crippen molar-refractivity contribution in [3.63, 3.8) is 0 Å². The quantitative estimate of drug-likeness (QED) is 0.348. The number of hydrogen-bond donors (Lipinski definition) is 0. The highest BCUT2D eigenvalue weighted by atomic mass is 79.9. The lowest BCUT2D eigenvalue weighted by molar-refractivity contribution is 0.0667. The van der Waals surface area contributed by atoms with Gasteiger partial charge in [-0.05, 0) is 60.0 Å². The summed E-state index contributed by atoms with van der Waals surface area (Å²) in [5, 5.41) is 5.18. The number of nitrogens with zero attached hydrogens (tertiary/aromatic N) is 1. The summed E-state index contributed by atoms with van der Waals surface area (Å²) < 4.78 is 6.98. The SMILES string of the molecule is Cc1c(C(=O)N2CCc3sccc3C2c2cccs2)oc2ccc(Br)cc12. The fourth-order valence-corrected chi connectivity index (χ4v) is 5.94. The van der Waals surface area contributed by atoms with Crippen molar-refractivity contribution in [2.75, 3.05) is 6.54 Å². The predicted molar refractivity (Wildman–Crippen MR) is 114 cm³/mol. The third kappa shape index (κ3) is 2.78. The van der Waals surface area contributed by atoms with E-state index in [0.717, 1.165) is 27.4 Å². The Morgan fingerprint density at radius 2 is 2.11 bits per heavy atom. The Morgan fingerprint density at radius 3 is 2.93 bits per heavy atom. The maximum Gasteiger partial charge on any atom is 0.290 e. The lowest BCUT2D eigenvalue weighted by Gasteiger charge is -2.35. The highest BCUT2D eigenvalue weighted by Gasteiger charge is 2.36. The molecule has 1 amide bonds. The normalized spacial score (nSPS) is 16.7. The van der Waals surface area contributed by atoms with E-state index in [1.807, 2.05) is 36.1 Å². The number of fused-ring (bicyclic) bond motifs is 2. The Labute approximate surface area is 173 Å². The number of furan rings is 1. The molecule has 4 aromatic rings. The van der Waals surface area contributed by atoms with Crippen LogP contribution < -0.4 is 0 Å². The highest BCUT2D eigenvalue weighted by Crippen LogP contribution is 2.41. The van der Waals surface area contributed by atoms with Crippen LogP contribution in [-0.2, 0) is 6.42 Å². The molecule has 1 aliphatic heterocycles. The van der Waals surface area contributed by atoms with Crippen LogP contribution in [0.1, 0.15) is 37.5 Å². The topological polar surface area (TPSA) is 33.5 Å². The van der Waals surface area contributed by atoms with Gasteiger partial charge in [0.2, 0.25) is 0 Å². The van der Waals surface area contributed by atoms with Gasteiger partial charge in [0.1, 0.15) is 5.58 Å². The Morgan fingerprint density at radius 1 is 1.22 bits per heavy atom. The van der Waals surface area contributed by atoms with Gasteiger partial charge in [-0.3, -0.25) is 4.79 Å². The number of thiophene rings is 2. The van der Waals surface area contributed by atoms with Crippen LogP contribution in [0.4, 0.5) is 0 Å². The minimum Gasteiger partial charge on any atom is -0.451 e. The summed E-state index contributed by atoms with van der Waals surface area (Å²) >= 11 is 6.98. The summed E-state index contributed by atoms with van der Waals surface area (Å²) in [6, 6.07) is 12.1. The first kappa shape index (κ1) is 17.2. The lowest BCUT2D eigenvalue weighted by atomic mass is 9.98. The van der Waals surface area contributed by atoms with Crippen LogP contribution in [0.5, 0.6) is 0 Å². The smallest absolute Gasteiger partial charge is 0.290 e. The molecule has 0 saturated heterocycles. The van der Waals surface area contributed by atoms with Crippen LogP contribution in [0, 0.1) is 6.92 Å². The largest absolute Gasteiger partial charge is 0.451 e. The molecular weight excluding hydrogens is 442 g/mol. The molecule has 0 N–H and O–H groups in total. The monoisotopic (exact) mass is 457 g/mol. The van der Waals surface area contributed by atoms with Gasteiger partial charge in [0.25, 0.3) is 5.91 Å². The second kappa shape index (κ2) is 6.62. The van der Waals surface area contributed by atoms with Crippen LogP contribution in [0.3, 0.4) is 0 Å². The molecule has 0 fully saturated rings. The first-order chi connectivity index (χ1) is 13.1. The van der Waals surface area contributed by atoms with Crippen LogP contribution >= 0.6 is 38.6 Å². The van der Waals surface area contributed by atoms with Gasteiger partial charge in [-0.1, -0.05) is 22.0 Å². The first-order valence-electron chi connectivity index (χ1n) is 8.73. The Balaban J connectivity index is 1.61. The Kier molecular flexibility index (Phi) is 4.22. The molecule has 1 atom stereocenters. The van der Waals surface area contributed by atoms with Crippen molar-refractivity contribution in [2.24, 2.45) is 0 Å². The van der Waals surface area contributed by atoms with Gasteiger partial charge in [0.15, 0.2) is 5.76 Å². The van der Waals surface area contributed by atoms with Crippen LogP contribution in [0.2, 0.25) is 0 Å². The summed E-state index contributed by atoms with van der Waals surface area (Å²) in [5.74, 6) is 0.415. The van der Waals surface area contributed by atoms with Gasteiger partial charge in [0, 0.05) is 31.7 Å². The molecular formula is C21H16BrNO2S2. The van der Waals surface area contributed by atoms with Crippen LogP contribution in [0.25, 0.3) is 11.0 Å². The van der Waals surface area contributed by atoms with Crippen molar-refractivity contribution < 1.29 is 9.21 Å². The number of amides is 1. The van der Waals surface area contributed by atoms with E-state index in [1.165, 1.54) is 15.3 Å². The van der Waals surface area contributed by atoms with E-state index in [4.69, 9.17) is 4.42 Å². The second-order valence-corrected chi connectivity index (χ2v) is 9.56. The van der Waals surface area contributed by atoms with Gasteiger partial charge in [-0.15, -0.1) is 22.7 Å². The minimum absolute atomic E-state index is 0.0323. The standard InChI is InChI=1S/C21H16BrNO2S2/c1-12-15-11-13(22)4-5-16(15)25-20(12)21(24)23-8-6-17-14(7-10-27-17)19(23)18-3-2-9-26-18/h2-5,7,9-11,19H,6,8H2,1H3. The van der Waals surface area contributed by atoms with Crippen LogP contribution in [0.15, 0.2) is 56.0 Å². The van der Waals surface area contributed by atoms with E-state index in [1.54, 1.807) is 22.7 Å². The Bertz CT molecular complexity index is 1140. The summed E-state index contributed by atoms with van der Waals surface area (Å²) in [7, 11) is 0. The predicted octanol–water partition coefficient (Wildman–Crippen LogP) is 6.41. The van der Waals surface area contributed by atoms with Gasteiger partial charge in [-0.25, -0.2) is 0 Å². The molecule has 0 aliphatic carbocycles. The average Bonchev–Trinajstić information content (AvgIpc) is 3.41. The van der Waals surface area contributed by atoms with E-state index in [-0.39, 0.29) is 11.9 Å². The molecule has 1 aliphatic rings. The van der Waals surface area contributed by atoms with Crippen molar-refractivity contribution in [1.29, 1.82) is 0 Å². The highest BCUT2D eigenvalue weighted by molar-refractivity contribution is 9.10. The Hall–Kier alpha value is -1.89. The summed E-state index contributed by atoms with van der Waals surface area (Å²) in [6.07, 6.45) is 0.894. The number of aryl methyl sites for hydroxylation is 1. The fourth-order valence-electron chi connectivity index (χ4n) is 3.82. The minimum atomic E-state index is -0.0353. The van der Waals surface area contributed by atoms with E-state index in [9.17, 15) is 4.79 Å². The number of halogens is 1. The first-order valence-corrected chi connectivity index (χ1v) is 11.3. The maximum absolute atomic E-state index is 13.5. The van der Waals surface area contributed by atoms with Crippen molar-refractivity contribution >= 4 is 55.5 Å². The van der Waals surface area contributed by atoms with E-state index < -0.39 is 0 Å². The molecule has 27 heavy (non-hydrogen) atoms. The number of carbonyl (C=O) groups excluding carboxylic acids is 1.